The Balaban J connectivity index is 0.00000338. The Morgan fingerprint density at radius 3 is 2.69 bits per heavy atom. The van der Waals surface area contributed by atoms with Crippen molar-refractivity contribution in [3.8, 4) is 5.75 Å². The molecule has 2 atom stereocenters. The first-order chi connectivity index (χ1) is 12.1. The lowest BCUT2D eigenvalue weighted by molar-refractivity contribution is -0.0161. The molecule has 0 spiro atoms. The van der Waals surface area contributed by atoms with Crippen LogP contribution in [0.15, 0.2) is 29.3 Å². The Bertz CT molecular complexity index is 539. The van der Waals surface area contributed by atoms with Crippen LogP contribution in [0.3, 0.4) is 0 Å². The van der Waals surface area contributed by atoms with Crippen LogP contribution in [0.2, 0.25) is 0 Å². The summed E-state index contributed by atoms with van der Waals surface area (Å²) in [5.74, 6) is 2.21. The van der Waals surface area contributed by atoms with Crippen molar-refractivity contribution in [1.82, 2.24) is 15.5 Å². The Labute approximate surface area is 174 Å². The van der Waals surface area contributed by atoms with E-state index >= 15 is 0 Å². The smallest absolute Gasteiger partial charge is 0.191 e. The molecule has 7 heteroatoms. The second kappa shape index (κ2) is 12.3. The Morgan fingerprint density at radius 1 is 1.35 bits per heavy atom. The zero-order valence-electron chi connectivity index (χ0n) is 16.3. The molecule has 1 aliphatic rings. The van der Waals surface area contributed by atoms with Gasteiger partial charge in [-0.1, -0.05) is 19.1 Å². The minimum absolute atomic E-state index is 0. The van der Waals surface area contributed by atoms with Crippen molar-refractivity contribution in [3.05, 3.63) is 29.8 Å². The van der Waals surface area contributed by atoms with Crippen LogP contribution in [0.25, 0.3) is 0 Å². The Kier molecular flexibility index (Phi) is 10.9. The first-order valence-electron chi connectivity index (χ1n) is 9.01. The van der Waals surface area contributed by atoms with Crippen LogP contribution in [0.1, 0.15) is 24.8 Å². The molecule has 0 aliphatic carbocycles. The van der Waals surface area contributed by atoms with E-state index in [0.29, 0.717) is 5.92 Å². The van der Waals surface area contributed by atoms with E-state index in [9.17, 15) is 0 Å². The number of nitrogens with zero attached hydrogens (tertiary/aromatic N) is 2. The topological polar surface area (TPSA) is 58.1 Å². The van der Waals surface area contributed by atoms with E-state index in [-0.39, 0.29) is 30.1 Å². The maximum atomic E-state index is 5.77. The molecule has 2 unspecified atom stereocenters. The molecule has 1 aromatic rings. The molecule has 1 heterocycles. The highest BCUT2D eigenvalue weighted by molar-refractivity contribution is 14.0. The third-order valence-electron chi connectivity index (χ3n) is 4.62. The van der Waals surface area contributed by atoms with Gasteiger partial charge < -0.3 is 25.0 Å². The third-order valence-corrected chi connectivity index (χ3v) is 4.62. The van der Waals surface area contributed by atoms with Gasteiger partial charge in [0.2, 0.25) is 0 Å². The molecule has 1 aliphatic heterocycles. The number of nitrogens with one attached hydrogen (secondary N) is 2. The number of hydrogen-bond acceptors (Lipinski definition) is 4. The van der Waals surface area contributed by atoms with Gasteiger partial charge in [0.15, 0.2) is 5.96 Å². The summed E-state index contributed by atoms with van der Waals surface area (Å²) in [7, 11) is 5.62. The number of likely N-dealkylation sites (N-methyl/N-ethyl adjacent to an activating group) is 1. The fourth-order valence-electron chi connectivity index (χ4n) is 2.93. The lowest BCUT2D eigenvalue weighted by atomic mass is 9.98. The van der Waals surface area contributed by atoms with Crippen LogP contribution in [-0.2, 0) is 4.74 Å². The summed E-state index contributed by atoms with van der Waals surface area (Å²) in [6.45, 7) is 6.65. The minimum atomic E-state index is 0. The van der Waals surface area contributed by atoms with Gasteiger partial charge in [-0.3, -0.25) is 4.99 Å². The number of ether oxygens (including phenoxy) is 2. The lowest BCUT2D eigenvalue weighted by Crippen LogP contribution is -2.48. The van der Waals surface area contributed by atoms with Crippen molar-refractivity contribution in [1.29, 1.82) is 0 Å². The molecule has 6 nitrogen and oxygen atoms in total. The summed E-state index contributed by atoms with van der Waals surface area (Å²) in [4.78, 5) is 6.59. The summed E-state index contributed by atoms with van der Waals surface area (Å²) in [5, 5.41) is 6.75. The molecule has 0 aromatic heterocycles. The minimum Gasteiger partial charge on any atom is -0.497 e. The average Bonchev–Trinajstić information content (AvgIpc) is 2.64. The number of methoxy groups -OCH3 is 1. The maximum Gasteiger partial charge on any atom is 0.191 e. The number of morpholine rings is 1. The third kappa shape index (κ3) is 7.67. The normalized spacial score (nSPS) is 19.4. The fourth-order valence-corrected chi connectivity index (χ4v) is 2.93. The van der Waals surface area contributed by atoms with Crippen LogP contribution in [0, 0.1) is 0 Å². The molecule has 1 fully saturated rings. The number of hydrogen-bond donors (Lipinski definition) is 2. The molecule has 0 amide bonds. The van der Waals surface area contributed by atoms with Crippen LogP contribution >= 0.6 is 24.0 Å². The molecule has 0 saturated carbocycles. The summed E-state index contributed by atoms with van der Waals surface area (Å²) >= 11 is 0. The second-order valence-corrected chi connectivity index (χ2v) is 6.60. The monoisotopic (exact) mass is 476 g/mol. The van der Waals surface area contributed by atoms with Crippen molar-refractivity contribution in [2.75, 3.05) is 54.0 Å². The Hall–Kier alpha value is -1.06. The highest BCUT2D eigenvalue weighted by Gasteiger charge is 2.17. The summed E-state index contributed by atoms with van der Waals surface area (Å²) in [6.07, 6.45) is 1.26. The predicted molar refractivity (Wildman–Crippen MR) is 118 cm³/mol. The SMILES string of the molecule is CN=C(NCCC(C)c1ccc(OC)cc1)NCC1CN(C)CCO1.I. The number of benzene rings is 1. The van der Waals surface area contributed by atoms with Gasteiger partial charge in [-0.05, 0) is 37.1 Å². The number of aliphatic imine (C=N–C) groups is 1. The molecule has 0 bridgehead atoms. The van der Waals surface area contributed by atoms with Gasteiger partial charge in [0.05, 0.1) is 19.8 Å². The molecule has 2 N–H and O–H groups in total. The molecule has 26 heavy (non-hydrogen) atoms. The average molecular weight is 476 g/mol. The number of halogens is 1. The van der Waals surface area contributed by atoms with E-state index in [1.54, 1.807) is 14.2 Å². The first kappa shape index (κ1) is 23.0. The quantitative estimate of drug-likeness (QED) is 0.360. The van der Waals surface area contributed by atoms with Gasteiger partial charge in [-0.2, -0.15) is 0 Å². The molecular weight excluding hydrogens is 443 g/mol. The summed E-state index contributed by atoms with van der Waals surface area (Å²) in [6, 6.07) is 8.29. The summed E-state index contributed by atoms with van der Waals surface area (Å²) < 4.78 is 11.0. The van der Waals surface area contributed by atoms with Crippen LogP contribution in [0.4, 0.5) is 0 Å². The first-order valence-corrected chi connectivity index (χ1v) is 9.01. The van der Waals surface area contributed by atoms with Gasteiger partial charge in [-0.25, -0.2) is 0 Å². The lowest BCUT2D eigenvalue weighted by Gasteiger charge is -2.30. The van der Waals surface area contributed by atoms with Crippen molar-refractivity contribution >= 4 is 29.9 Å². The summed E-state index contributed by atoms with van der Waals surface area (Å²) in [5.41, 5.74) is 1.32. The standard InChI is InChI=1S/C19H32N4O2.HI/c1-15(16-5-7-17(24-4)8-6-16)9-10-21-19(20-2)22-13-18-14-23(3)11-12-25-18;/h5-8,15,18H,9-14H2,1-4H3,(H2,20,21,22);1H. The fraction of sp³-hybridized carbons (Fsp3) is 0.632. The van der Waals surface area contributed by atoms with Crippen LogP contribution in [-0.4, -0.2) is 71.0 Å². The van der Waals surface area contributed by atoms with Gasteiger partial charge >= 0.3 is 0 Å². The van der Waals surface area contributed by atoms with Crippen LogP contribution in [0.5, 0.6) is 5.75 Å². The van der Waals surface area contributed by atoms with Gasteiger partial charge in [0, 0.05) is 33.2 Å². The van der Waals surface area contributed by atoms with Gasteiger partial charge in [0.1, 0.15) is 5.75 Å². The molecule has 148 valence electrons. The largest absolute Gasteiger partial charge is 0.497 e. The maximum absolute atomic E-state index is 5.77. The Morgan fingerprint density at radius 2 is 2.08 bits per heavy atom. The van der Waals surface area contributed by atoms with Gasteiger partial charge in [-0.15, -0.1) is 24.0 Å². The van der Waals surface area contributed by atoms with E-state index in [1.165, 1.54) is 5.56 Å². The number of rotatable bonds is 7. The molecule has 2 rings (SSSR count). The zero-order chi connectivity index (χ0) is 18.1. The highest BCUT2D eigenvalue weighted by atomic mass is 127. The predicted octanol–water partition coefficient (Wildman–Crippen LogP) is 2.30. The van der Waals surface area contributed by atoms with E-state index in [1.807, 2.05) is 12.1 Å². The molecular formula is C19H33IN4O2. The van der Waals surface area contributed by atoms with E-state index in [2.05, 4.69) is 46.6 Å². The van der Waals surface area contributed by atoms with E-state index in [4.69, 9.17) is 9.47 Å². The van der Waals surface area contributed by atoms with E-state index < -0.39 is 0 Å². The molecule has 1 saturated heterocycles. The molecule has 0 radical (unpaired) electrons. The van der Waals surface area contributed by atoms with Crippen molar-refractivity contribution in [3.63, 3.8) is 0 Å². The van der Waals surface area contributed by atoms with Crippen molar-refractivity contribution < 1.29 is 9.47 Å². The van der Waals surface area contributed by atoms with Crippen LogP contribution < -0.4 is 15.4 Å². The zero-order valence-corrected chi connectivity index (χ0v) is 18.7. The highest BCUT2D eigenvalue weighted by Crippen LogP contribution is 2.21. The van der Waals surface area contributed by atoms with Crippen molar-refractivity contribution in [2.45, 2.75) is 25.4 Å². The second-order valence-electron chi connectivity index (χ2n) is 6.60. The molecule has 1 aromatic carbocycles. The number of guanidine groups is 1. The van der Waals surface area contributed by atoms with Crippen molar-refractivity contribution in [2.24, 2.45) is 4.99 Å². The van der Waals surface area contributed by atoms with Gasteiger partial charge in [0.25, 0.3) is 0 Å². The van der Waals surface area contributed by atoms with E-state index in [0.717, 1.165) is 50.9 Å².